The van der Waals surface area contributed by atoms with Gasteiger partial charge in [0.15, 0.2) is 0 Å². The van der Waals surface area contributed by atoms with E-state index in [9.17, 15) is 0 Å². The molecule has 0 saturated heterocycles. The van der Waals surface area contributed by atoms with E-state index in [1.807, 2.05) is 12.4 Å². The van der Waals surface area contributed by atoms with E-state index < -0.39 is 0 Å². The molecule has 0 spiro atoms. The van der Waals surface area contributed by atoms with Gasteiger partial charge in [-0.25, -0.2) is 9.97 Å². The maximum atomic E-state index is 4.32. The maximum absolute atomic E-state index is 4.32. The molecule has 4 heteroatoms. The van der Waals surface area contributed by atoms with E-state index in [1.165, 1.54) is 5.57 Å². The zero-order chi connectivity index (χ0) is 9.97. The lowest BCUT2D eigenvalue weighted by molar-refractivity contribution is 0.761. The van der Waals surface area contributed by atoms with Crippen LogP contribution in [0.25, 0.3) is 0 Å². The lowest BCUT2D eigenvalue weighted by Crippen LogP contribution is -2.30. The Balaban J connectivity index is 2.16. The highest BCUT2D eigenvalue weighted by Gasteiger charge is 2.12. The Morgan fingerprint density at radius 3 is 2.71 bits per heavy atom. The number of anilines is 1. The molecule has 2 rings (SSSR count). The molecular weight excluding hydrogens is 289 g/mol. The van der Waals surface area contributed by atoms with E-state index >= 15 is 0 Å². The Morgan fingerprint density at radius 2 is 2.07 bits per heavy atom. The Hall–Kier alpha value is -0.650. The van der Waals surface area contributed by atoms with Crippen LogP contribution in [0.1, 0.15) is 13.3 Å². The van der Waals surface area contributed by atoms with Crippen molar-refractivity contribution in [2.24, 2.45) is 0 Å². The van der Waals surface area contributed by atoms with Gasteiger partial charge in [-0.3, -0.25) is 0 Å². The molecule has 1 aromatic rings. The molecule has 1 aliphatic heterocycles. The summed E-state index contributed by atoms with van der Waals surface area (Å²) in [6, 6.07) is 0. The van der Waals surface area contributed by atoms with Crippen molar-refractivity contribution >= 4 is 28.5 Å². The first kappa shape index (κ1) is 9.89. The van der Waals surface area contributed by atoms with E-state index in [0.29, 0.717) is 0 Å². The molecular formula is C10H12IN3. The first-order chi connectivity index (χ1) is 6.75. The molecule has 3 nitrogen and oxygen atoms in total. The van der Waals surface area contributed by atoms with Gasteiger partial charge in [0.2, 0.25) is 5.95 Å². The van der Waals surface area contributed by atoms with Gasteiger partial charge >= 0.3 is 0 Å². The molecule has 0 atom stereocenters. The molecule has 0 fully saturated rings. The van der Waals surface area contributed by atoms with Crippen molar-refractivity contribution in [3.05, 3.63) is 27.6 Å². The summed E-state index contributed by atoms with van der Waals surface area (Å²) in [7, 11) is 0. The second kappa shape index (κ2) is 4.25. The molecule has 1 aromatic heterocycles. The summed E-state index contributed by atoms with van der Waals surface area (Å²) in [5, 5.41) is 0. The lowest BCUT2D eigenvalue weighted by atomic mass is 10.1. The Labute approximate surface area is 97.4 Å². The summed E-state index contributed by atoms with van der Waals surface area (Å²) in [6.07, 6.45) is 7.09. The van der Waals surface area contributed by atoms with Crippen molar-refractivity contribution in [3.8, 4) is 0 Å². The third kappa shape index (κ3) is 2.23. The molecule has 0 aromatic carbocycles. The fourth-order valence-corrected chi connectivity index (χ4v) is 1.83. The van der Waals surface area contributed by atoms with Gasteiger partial charge in [0.1, 0.15) is 0 Å². The minimum Gasteiger partial charge on any atom is -0.337 e. The van der Waals surface area contributed by atoms with Gasteiger partial charge in [-0.2, -0.15) is 0 Å². The first-order valence-corrected chi connectivity index (χ1v) is 5.72. The van der Waals surface area contributed by atoms with E-state index in [4.69, 9.17) is 0 Å². The van der Waals surface area contributed by atoms with Crippen LogP contribution in [0.4, 0.5) is 5.95 Å². The van der Waals surface area contributed by atoms with Crippen molar-refractivity contribution in [1.82, 2.24) is 9.97 Å². The fraction of sp³-hybridized carbons (Fsp3) is 0.400. The van der Waals surface area contributed by atoms with Crippen LogP contribution in [-0.2, 0) is 0 Å². The standard InChI is InChI=1S/C10H12IN3/c1-8-3-2-4-14(7-8)10-12-5-9(11)6-13-10/h3,5-6H,2,4,7H2,1H3. The van der Waals surface area contributed by atoms with Crippen LogP contribution in [0.2, 0.25) is 0 Å². The third-order valence-corrected chi connectivity index (χ3v) is 2.78. The van der Waals surface area contributed by atoms with Crippen LogP contribution in [0.5, 0.6) is 0 Å². The van der Waals surface area contributed by atoms with E-state index in [0.717, 1.165) is 29.0 Å². The van der Waals surface area contributed by atoms with Gasteiger partial charge in [0.05, 0.1) is 0 Å². The van der Waals surface area contributed by atoms with Crippen LogP contribution in [0.15, 0.2) is 24.0 Å². The lowest BCUT2D eigenvalue weighted by Gasteiger charge is -2.25. The zero-order valence-electron chi connectivity index (χ0n) is 8.07. The van der Waals surface area contributed by atoms with Crippen molar-refractivity contribution in [2.75, 3.05) is 18.0 Å². The van der Waals surface area contributed by atoms with Crippen LogP contribution in [0.3, 0.4) is 0 Å². The molecule has 0 unspecified atom stereocenters. The Kier molecular flexibility index (Phi) is 3.00. The number of nitrogens with zero attached hydrogens (tertiary/aromatic N) is 3. The molecule has 0 N–H and O–H groups in total. The number of rotatable bonds is 1. The monoisotopic (exact) mass is 301 g/mol. The van der Waals surface area contributed by atoms with Crippen LogP contribution >= 0.6 is 22.6 Å². The fourth-order valence-electron chi connectivity index (χ4n) is 1.55. The van der Waals surface area contributed by atoms with E-state index in [1.54, 1.807) is 0 Å². The molecule has 0 aliphatic carbocycles. The normalized spacial score (nSPS) is 16.7. The predicted octanol–water partition coefficient (Wildman–Crippen LogP) is 2.24. The second-order valence-electron chi connectivity index (χ2n) is 3.46. The van der Waals surface area contributed by atoms with Crippen LogP contribution < -0.4 is 4.90 Å². The molecule has 0 saturated carbocycles. The van der Waals surface area contributed by atoms with E-state index in [-0.39, 0.29) is 0 Å². The summed E-state index contributed by atoms with van der Waals surface area (Å²) in [5.74, 6) is 0.845. The van der Waals surface area contributed by atoms with Crippen molar-refractivity contribution in [2.45, 2.75) is 13.3 Å². The third-order valence-electron chi connectivity index (χ3n) is 2.22. The van der Waals surface area contributed by atoms with Gasteiger partial charge in [-0.05, 0) is 35.9 Å². The molecule has 2 heterocycles. The molecule has 0 amide bonds. The maximum Gasteiger partial charge on any atom is 0.225 e. The minimum atomic E-state index is 0.845. The van der Waals surface area contributed by atoms with Gasteiger partial charge < -0.3 is 4.90 Å². The summed E-state index contributed by atoms with van der Waals surface area (Å²) in [5.41, 5.74) is 1.40. The topological polar surface area (TPSA) is 29.0 Å². The molecule has 14 heavy (non-hydrogen) atoms. The van der Waals surface area contributed by atoms with Crippen molar-refractivity contribution in [1.29, 1.82) is 0 Å². The van der Waals surface area contributed by atoms with Crippen molar-refractivity contribution < 1.29 is 0 Å². The zero-order valence-corrected chi connectivity index (χ0v) is 10.2. The predicted molar refractivity (Wildman–Crippen MR) is 65.3 cm³/mol. The van der Waals surface area contributed by atoms with Gasteiger partial charge in [-0.1, -0.05) is 11.6 Å². The number of hydrogen-bond acceptors (Lipinski definition) is 3. The summed E-state index contributed by atoms with van der Waals surface area (Å²) in [4.78, 5) is 10.8. The summed E-state index contributed by atoms with van der Waals surface area (Å²) < 4.78 is 1.08. The van der Waals surface area contributed by atoms with Gasteiger partial charge in [0.25, 0.3) is 0 Å². The average Bonchev–Trinajstić information content (AvgIpc) is 2.19. The highest BCUT2D eigenvalue weighted by molar-refractivity contribution is 14.1. The largest absolute Gasteiger partial charge is 0.337 e. The smallest absolute Gasteiger partial charge is 0.225 e. The Morgan fingerprint density at radius 1 is 1.36 bits per heavy atom. The number of aromatic nitrogens is 2. The number of halogens is 1. The quantitative estimate of drug-likeness (QED) is 0.588. The first-order valence-electron chi connectivity index (χ1n) is 4.64. The molecule has 0 bridgehead atoms. The minimum absolute atomic E-state index is 0.845. The van der Waals surface area contributed by atoms with E-state index in [2.05, 4.69) is 50.5 Å². The Bertz CT molecular complexity index is 345. The summed E-state index contributed by atoms with van der Waals surface area (Å²) >= 11 is 2.22. The highest BCUT2D eigenvalue weighted by atomic mass is 127. The molecule has 74 valence electrons. The van der Waals surface area contributed by atoms with Gasteiger partial charge in [0, 0.05) is 29.1 Å². The SMILES string of the molecule is CC1=CCCN(c2ncc(I)cn2)C1. The number of hydrogen-bond donors (Lipinski definition) is 0. The van der Waals surface area contributed by atoms with Crippen molar-refractivity contribution in [3.63, 3.8) is 0 Å². The molecule has 1 aliphatic rings. The highest BCUT2D eigenvalue weighted by Crippen LogP contribution is 2.15. The van der Waals surface area contributed by atoms with Crippen LogP contribution in [-0.4, -0.2) is 23.1 Å². The summed E-state index contributed by atoms with van der Waals surface area (Å²) in [6.45, 7) is 4.14. The van der Waals surface area contributed by atoms with Crippen LogP contribution in [0, 0.1) is 3.57 Å². The molecule has 0 radical (unpaired) electrons. The van der Waals surface area contributed by atoms with Gasteiger partial charge in [-0.15, -0.1) is 0 Å². The second-order valence-corrected chi connectivity index (χ2v) is 4.71. The average molecular weight is 301 g/mol.